The molecule has 0 unspecified atom stereocenters. The summed E-state index contributed by atoms with van der Waals surface area (Å²) in [6.07, 6.45) is 1.73. The van der Waals surface area contributed by atoms with Crippen LogP contribution in [-0.4, -0.2) is 41.0 Å². The molecule has 8 heteroatoms. The van der Waals surface area contributed by atoms with E-state index in [1.165, 1.54) is 20.3 Å². The molecular formula is C18H22N2O5S. The van der Waals surface area contributed by atoms with Crippen LogP contribution in [0.15, 0.2) is 28.2 Å². The molecule has 0 spiro atoms. The summed E-state index contributed by atoms with van der Waals surface area (Å²) in [5.74, 6) is -0.893. The van der Waals surface area contributed by atoms with E-state index in [-0.39, 0.29) is 5.56 Å². The first-order chi connectivity index (χ1) is 12.4. The molecule has 0 fully saturated rings. The van der Waals surface area contributed by atoms with Crippen molar-refractivity contribution < 1.29 is 19.1 Å². The average Bonchev–Trinajstić information content (AvgIpc) is 2.65. The fourth-order valence-electron chi connectivity index (χ4n) is 2.42. The lowest BCUT2D eigenvalue weighted by Crippen LogP contribution is -2.25. The highest BCUT2D eigenvalue weighted by Crippen LogP contribution is 2.24. The van der Waals surface area contributed by atoms with Gasteiger partial charge in [0.2, 0.25) is 0 Å². The lowest BCUT2D eigenvalue weighted by molar-refractivity contribution is -0.139. The number of thioether (sulfide) groups is 1. The molecule has 0 bridgehead atoms. The predicted molar refractivity (Wildman–Crippen MR) is 99.6 cm³/mol. The summed E-state index contributed by atoms with van der Waals surface area (Å²) in [5, 5.41) is 0.334. The molecule has 7 nitrogen and oxygen atoms in total. The Kier molecular flexibility index (Phi) is 6.79. The van der Waals surface area contributed by atoms with Crippen molar-refractivity contribution in [2.24, 2.45) is 0 Å². The van der Waals surface area contributed by atoms with Gasteiger partial charge in [-0.1, -0.05) is 25.1 Å². The van der Waals surface area contributed by atoms with E-state index in [9.17, 15) is 14.4 Å². The molecule has 0 aliphatic rings. The number of benzene rings is 1. The van der Waals surface area contributed by atoms with E-state index in [4.69, 9.17) is 9.47 Å². The maximum atomic E-state index is 12.9. The molecule has 2 aromatic rings. The Morgan fingerprint density at radius 1 is 1.27 bits per heavy atom. The van der Waals surface area contributed by atoms with Crippen LogP contribution in [0.3, 0.4) is 0 Å². The number of rotatable bonds is 7. The van der Waals surface area contributed by atoms with Gasteiger partial charge in [-0.25, -0.2) is 9.78 Å². The van der Waals surface area contributed by atoms with Gasteiger partial charge in [-0.2, -0.15) is 0 Å². The van der Waals surface area contributed by atoms with Crippen LogP contribution in [0.25, 0.3) is 10.9 Å². The number of fused-ring (bicyclic) bond motifs is 1. The molecule has 0 radical (unpaired) electrons. The van der Waals surface area contributed by atoms with Crippen molar-refractivity contribution in [1.82, 2.24) is 9.55 Å². The van der Waals surface area contributed by atoms with E-state index in [2.05, 4.69) is 4.98 Å². The van der Waals surface area contributed by atoms with E-state index >= 15 is 0 Å². The van der Waals surface area contributed by atoms with E-state index in [1.54, 1.807) is 23.6 Å². The molecule has 1 aromatic heterocycles. The Balaban J connectivity index is 2.59. The average molecular weight is 378 g/mol. The highest BCUT2D eigenvalue weighted by atomic mass is 32.2. The molecule has 26 heavy (non-hydrogen) atoms. The van der Waals surface area contributed by atoms with Gasteiger partial charge in [0.25, 0.3) is 5.56 Å². The highest BCUT2D eigenvalue weighted by molar-refractivity contribution is 8.00. The minimum Gasteiger partial charge on any atom is -0.468 e. The quantitative estimate of drug-likeness (QED) is 0.416. The first-order valence-corrected chi connectivity index (χ1v) is 9.18. The maximum absolute atomic E-state index is 12.9. The molecule has 0 amide bonds. The van der Waals surface area contributed by atoms with E-state index in [0.29, 0.717) is 28.2 Å². The van der Waals surface area contributed by atoms with Crippen LogP contribution in [0.1, 0.15) is 37.0 Å². The minimum atomic E-state index is -0.513. The van der Waals surface area contributed by atoms with Crippen molar-refractivity contribution in [3.05, 3.63) is 34.1 Å². The van der Waals surface area contributed by atoms with Crippen molar-refractivity contribution in [2.45, 2.75) is 43.6 Å². The van der Waals surface area contributed by atoms with Crippen LogP contribution in [0.4, 0.5) is 0 Å². The Hall–Kier alpha value is -2.35. The smallest absolute Gasteiger partial charge is 0.337 e. The molecule has 2 rings (SSSR count). The maximum Gasteiger partial charge on any atom is 0.337 e. The first kappa shape index (κ1) is 20.0. The number of ether oxygens (including phenoxy) is 2. The van der Waals surface area contributed by atoms with E-state index in [1.807, 2.05) is 6.92 Å². The fourth-order valence-corrected chi connectivity index (χ4v) is 3.38. The van der Waals surface area contributed by atoms with Crippen molar-refractivity contribution in [2.75, 3.05) is 14.2 Å². The van der Waals surface area contributed by atoms with Gasteiger partial charge in [-0.3, -0.25) is 14.2 Å². The molecule has 0 saturated carbocycles. The summed E-state index contributed by atoms with van der Waals surface area (Å²) in [6, 6.07) is 4.66. The summed E-state index contributed by atoms with van der Waals surface area (Å²) < 4.78 is 11.0. The number of nitrogens with zero attached hydrogens (tertiary/aromatic N) is 2. The number of hydrogen-bond acceptors (Lipinski definition) is 7. The summed E-state index contributed by atoms with van der Waals surface area (Å²) in [6.45, 7) is 4.24. The SMILES string of the molecule is CCCCn1c(S[C@H](C)C(=O)OC)nc2cc(C(=O)OC)ccc2c1=O. The van der Waals surface area contributed by atoms with Gasteiger partial charge in [0, 0.05) is 6.54 Å². The molecular weight excluding hydrogens is 356 g/mol. The number of esters is 2. The first-order valence-electron chi connectivity index (χ1n) is 8.30. The zero-order valence-electron chi connectivity index (χ0n) is 15.3. The topological polar surface area (TPSA) is 87.5 Å². The minimum absolute atomic E-state index is 0.195. The summed E-state index contributed by atoms with van der Waals surface area (Å²) >= 11 is 1.16. The zero-order chi connectivity index (χ0) is 19.3. The molecule has 0 N–H and O–H groups in total. The number of carbonyl (C=O) groups excluding carboxylic acids is 2. The van der Waals surface area contributed by atoms with Crippen LogP contribution in [0.5, 0.6) is 0 Å². The number of carbonyl (C=O) groups is 2. The van der Waals surface area contributed by atoms with Crippen LogP contribution in [0, 0.1) is 0 Å². The van der Waals surface area contributed by atoms with Gasteiger partial charge in [-0.15, -0.1) is 0 Å². The van der Waals surface area contributed by atoms with E-state index in [0.717, 1.165) is 24.6 Å². The summed E-state index contributed by atoms with van der Waals surface area (Å²) in [7, 11) is 2.61. The third-order valence-corrected chi connectivity index (χ3v) is 4.96. The highest BCUT2D eigenvalue weighted by Gasteiger charge is 2.20. The Morgan fingerprint density at radius 3 is 2.62 bits per heavy atom. The van der Waals surface area contributed by atoms with Crippen molar-refractivity contribution in [3.8, 4) is 0 Å². The van der Waals surface area contributed by atoms with Gasteiger partial charge in [0.15, 0.2) is 5.16 Å². The Bertz CT molecular complexity index is 878. The number of methoxy groups -OCH3 is 2. The second-order valence-electron chi connectivity index (χ2n) is 5.71. The van der Waals surface area contributed by atoms with Gasteiger partial charge < -0.3 is 9.47 Å². The Labute approximate surface area is 155 Å². The Morgan fingerprint density at radius 2 is 2.00 bits per heavy atom. The van der Waals surface area contributed by atoms with Gasteiger partial charge >= 0.3 is 11.9 Å². The molecule has 0 aliphatic carbocycles. The number of hydrogen-bond donors (Lipinski definition) is 0. The van der Waals surface area contributed by atoms with Crippen LogP contribution >= 0.6 is 11.8 Å². The lowest BCUT2D eigenvalue weighted by atomic mass is 10.1. The molecule has 140 valence electrons. The van der Waals surface area contributed by atoms with Gasteiger partial charge in [0.05, 0.1) is 30.7 Å². The number of unbranched alkanes of at least 4 members (excludes halogenated alkanes) is 1. The lowest BCUT2D eigenvalue weighted by Gasteiger charge is -2.15. The van der Waals surface area contributed by atoms with Gasteiger partial charge in [0.1, 0.15) is 5.25 Å². The van der Waals surface area contributed by atoms with E-state index < -0.39 is 17.2 Å². The molecule has 1 atom stereocenters. The second kappa shape index (κ2) is 8.84. The third kappa shape index (κ3) is 4.24. The van der Waals surface area contributed by atoms with Crippen LogP contribution in [0.2, 0.25) is 0 Å². The standard InChI is InChI=1S/C18H22N2O5S/c1-5-6-9-20-15(21)13-8-7-12(17(23)25-4)10-14(13)19-18(20)26-11(2)16(22)24-3/h7-8,10-11H,5-6,9H2,1-4H3/t11-/m1/s1. The molecule has 1 aromatic carbocycles. The van der Waals surface area contributed by atoms with Crippen LogP contribution < -0.4 is 5.56 Å². The van der Waals surface area contributed by atoms with Gasteiger partial charge in [-0.05, 0) is 31.5 Å². The molecule has 1 heterocycles. The summed E-state index contributed by atoms with van der Waals surface area (Å²) in [5.41, 5.74) is 0.514. The largest absolute Gasteiger partial charge is 0.468 e. The normalized spacial score (nSPS) is 12.0. The van der Waals surface area contributed by atoms with Crippen molar-refractivity contribution >= 4 is 34.6 Å². The monoisotopic (exact) mass is 378 g/mol. The van der Waals surface area contributed by atoms with Crippen LogP contribution in [-0.2, 0) is 20.8 Å². The number of aromatic nitrogens is 2. The van der Waals surface area contributed by atoms with Crippen molar-refractivity contribution in [3.63, 3.8) is 0 Å². The summed E-state index contributed by atoms with van der Waals surface area (Å²) in [4.78, 5) is 40.9. The predicted octanol–water partition coefficient (Wildman–Crippen LogP) is 2.64. The fraction of sp³-hybridized carbons (Fsp3) is 0.444. The molecule has 0 aliphatic heterocycles. The second-order valence-corrected chi connectivity index (χ2v) is 7.02. The molecule has 0 saturated heterocycles. The third-order valence-electron chi connectivity index (χ3n) is 3.89. The zero-order valence-corrected chi connectivity index (χ0v) is 16.1. The van der Waals surface area contributed by atoms with Crippen molar-refractivity contribution in [1.29, 1.82) is 0 Å².